The van der Waals surface area contributed by atoms with Crippen LogP contribution in [-0.2, 0) is 6.54 Å². The molecule has 1 N–H and O–H groups in total. The van der Waals surface area contributed by atoms with Gasteiger partial charge in [0.2, 0.25) is 8.32 Å². The number of nitrogens with zero attached hydrogens (tertiary/aromatic N) is 2. The molecule has 0 aliphatic rings. The van der Waals surface area contributed by atoms with Gasteiger partial charge in [0.1, 0.15) is 5.75 Å². The Morgan fingerprint density at radius 3 is 2.70 bits per heavy atom. The molecule has 106 valence electrons. The van der Waals surface area contributed by atoms with Crippen LogP contribution in [0, 0.1) is 0 Å². The minimum absolute atomic E-state index is 0.617. The van der Waals surface area contributed by atoms with Gasteiger partial charge >= 0.3 is 0 Å². The molecule has 0 spiro atoms. The summed E-state index contributed by atoms with van der Waals surface area (Å²) in [6.07, 6.45) is 3.44. The second-order valence-corrected chi connectivity index (χ2v) is 10.1. The molecule has 20 heavy (non-hydrogen) atoms. The van der Waals surface area contributed by atoms with Crippen LogP contribution in [-0.4, -0.2) is 24.0 Å². The number of aliphatic imine (C=N–C) groups is 1. The lowest BCUT2D eigenvalue weighted by atomic mass is 10.2. The highest BCUT2D eigenvalue weighted by Crippen LogP contribution is 2.22. The summed E-state index contributed by atoms with van der Waals surface area (Å²) in [7, 11) is -1.60. The molecular formula is C15H21N3OSi. The Morgan fingerprint density at radius 1 is 1.30 bits per heavy atom. The average molecular weight is 287 g/mol. The predicted octanol–water partition coefficient (Wildman–Crippen LogP) is 3.63. The van der Waals surface area contributed by atoms with E-state index in [2.05, 4.69) is 40.7 Å². The van der Waals surface area contributed by atoms with Gasteiger partial charge in [-0.25, -0.2) is 4.98 Å². The van der Waals surface area contributed by atoms with E-state index in [0.29, 0.717) is 6.54 Å². The Kier molecular flexibility index (Phi) is 4.39. The third kappa shape index (κ3) is 4.06. The van der Waals surface area contributed by atoms with E-state index in [-0.39, 0.29) is 0 Å². The molecule has 2 rings (SSSR count). The maximum Gasteiger partial charge on any atom is 0.242 e. The standard InChI is InChI=1S/C15H21N3OSi/c1-12(14-10-16-11-18-14)17-9-13-7-5-6-8-15(13)19-20(2,3)4/h5-8,10-11H,9H2,1-4H3,(H,16,18)/b17-12-. The molecule has 0 amide bonds. The lowest BCUT2D eigenvalue weighted by Crippen LogP contribution is -2.29. The molecule has 0 unspecified atom stereocenters. The van der Waals surface area contributed by atoms with E-state index in [0.717, 1.165) is 22.7 Å². The quantitative estimate of drug-likeness (QED) is 0.674. The van der Waals surface area contributed by atoms with Crippen molar-refractivity contribution < 1.29 is 4.43 Å². The van der Waals surface area contributed by atoms with E-state index < -0.39 is 8.32 Å². The Morgan fingerprint density at radius 2 is 2.05 bits per heavy atom. The van der Waals surface area contributed by atoms with E-state index in [9.17, 15) is 0 Å². The summed E-state index contributed by atoms with van der Waals surface area (Å²) in [5.74, 6) is 0.952. The van der Waals surface area contributed by atoms with Gasteiger partial charge in [0.05, 0.1) is 30.5 Å². The topological polar surface area (TPSA) is 50.3 Å². The summed E-state index contributed by atoms with van der Waals surface area (Å²) in [6, 6.07) is 8.12. The number of rotatable bonds is 5. The number of hydrogen-bond acceptors (Lipinski definition) is 3. The summed E-state index contributed by atoms with van der Waals surface area (Å²) >= 11 is 0. The van der Waals surface area contributed by atoms with E-state index in [1.165, 1.54) is 0 Å². The van der Waals surface area contributed by atoms with E-state index in [4.69, 9.17) is 4.43 Å². The SMILES string of the molecule is C/C(=N/Cc1ccccc1O[Si](C)(C)C)c1cnc[nH]1. The van der Waals surface area contributed by atoms with Crippen LogP contribution >= 0.6 is 0 Å². The maximum atomic E-state index is 6.11. The first kappa shape index (κ1) is 14.5. The Hall–Kier alpha value is -1.88. The number of aromatic nitrogens is 2. The van der Waals surface area contributed by atoms with E-state index in [1.807, 2.05) is 25.1 Å². The van der Waals surface area contributed by atoms with Crippen molar-refractivity contribution in [3.05, 3.63) is 48.0 Å². The van der Waals surface area contributed by atoms with Crippen molar-refractivity contribution in [2.45, 2.75) is 33.1 Å². The molecule has 0 atom stereocenters. The van der Waals surface area contributed by atoms with Gasteiger partial charge in [-0.05, 0) is 32.6 Å². The van der Waals surface area contributed by atoms with Gasteiger partial charge in [0.25, 0.3) is 0 Å². The smallest absolute Gasteiger partial charge is 0.242 e. The van der Waals surface area contributed by atoms with Crippen LogP contribution in [0.3, 0.4) is 0 Å². The summed E-state index contributed by atoms with van der Waals surface area (Å²) in [5.41, 5.74) is 3.02. The zero-order chi connectivity index (χ0) is 14.6. The third-order valence-corrected chi connectivity index (χ3v) is 3.60. The highest BCUT2D eigenvalue weighted by atomic mass is 28.4. The van der Waals surface area contributed by atoms with Crippen molar-refractivity contribution in [2.24, 2.45) is 4.99 Å². The molecule has 2 aromatic rings. The fraction of sp³-hybridized carbons (Fsp3) is 0.333. The van der Waals surface area contributed by atoms with Gasteiger partial charge in [0, 0.05) is 5.56 Å². The second-order valence-electron chi connectivity index (χ2n) is 5.69. The highest BCUT2D eigenvalue weighted by molar-refractivity contribution is 6.70. The summed E-state index contributed by atoms with van der Waals surface area (Å²) in [6.45, 7) is 9.15. The maximum absolute atomic E-state index is 6.11. The second kappa shape index (κ2) is 6.05. The minimum atomic E-state index is -1.60. The largest absolute Gasteiger partial charge is 0.544 e. The zero-order valence-corrected chi connectivity index (χ0v) is 13.5. The van der Waals surface area contributed by atoms with Crippen LogP contribution in [0.15, 0.2) is 41.8 Å². The summed E-state index contributed by atoms with van der Waals surface area (Å²) in [4.78, 5) is 11.7. The molecule has 0 aliphatic heterocycles. The van der Waals surface area contributed by atoms with Crippen molar-refractivity contribution in [2.75, 3.05) is 0 Å². The third-order valence-electron chi connectivity index (χ3n) is 2.76. The first-order valence-corrected chi connectivity index (χ1v) is 10.1. The number of nitrogens with one attached hydrogen (secondary N) is 1. The molecule has 1 aromatic heterocycles. The normalized spacial score (nSPS) is 12.5. The predicted molar refractivity (Wildman–Crippen MR) is 84.9 cm³/mol. The van der Waals surface area contributed by atoms with Gasteiger partial charge < -0.3 is 9.41 Å². The van der Waals surface area contributed by atoms with E-state index in [1.54, 1.807) is 12.5 Å². The van der Waals surface area contributed by atoms with Crippen LogP contribution in [0.4, 0.5) is 0 Å². The van der Waals surface area contributed by atoms with E-state index >= 15 is 0 Å². The Balaban J connectivity index is 2.16. The van der Waals surface area contributed by atoms with Crippen LogP contribution in [0.2, 0.25) is 19.6 Å². The number of benzene rings is 1. The molecule has 0 saturated heterocycles. The van der Waals surface area contributed by atoms with Crippen molar-refractivity contribution in [1.82, 2.24) is 9.97 Å². The molecule has 0 bridgehead atoms. The molecule has 0 radical (unpaired) electrons. The van der Waals surface area contributed by atoms with Gasteiger partial charge in [-0.15, -0.1) is 0 Å². The molecule has 5 heteroatoms. The van der Waals surface area contributed by atoms with Gasteiger partial charge in [-0.2, -0.15) is 0 Å². The van der Waals surface area contributed by atoms with Crippen molar-refractivity contribution >= 4 is 14.0 Å². The highest BCUT2D eigenvalue weighted by Gasteiger charge is 2.17. The van der Waals surface area contributed by atoms with Crippen molar-refractivity contribution in [1.29, 1.82) is 0 Å². The number of H-pyrrole nitrogens is 1. The average Bonchev–Trinajstić information content (AvgIpc) is 2.89. The number of para-hydroxylation sites is 1. The van der Waals surface area contributed by atoms with Gasteiger partial charge in [-0.3, -0.25) is 4.99 Å². The van der Waals surface area contributed by atoms with Gasteiger partial charge in [-0.1, -0.05) is 18.2 Å². The van der Waals surface area contributed by atoms with Crippen molar-refractivity contribution in [3.8, 4) is 5.75 Å². The molecule has 4 nitrogen and oxygen atoms in total. The molecule has 0 fully saturated rings. The molecule has 1 aromatic carbocycles. The number of imidazole rings is 1. The minimum Gasteiger partial charge on any atom is -0.544 e. The summed E-state index contributed by atoms with van der Waals surface area (Å²) < 4.78 is 6.11. The lowest BCUT2D eigenvalue weighted by Gasteiger charge is -2.21. The van der Waals surface area contributed by atoms with Crippen LogP contribution in [0.5, 0.6) is 5.75 Å². The monoisotopic (exact) mass is 287 g/mol. The van der Waals surface area contributed by atoms with Crippen molar-refractivity contribution in [3.63, 3.8) is 0 Å². The summed E-state index contributed by atoms with van der Waals surface area (Å²) in [5, 5.41) is 0. The van der Waals surface area contributed by atoms with Crippen LogP contribution < -0.4 is 4.43 Å². The van der Waals surface area contributed by atoms with Crippen LogP contribution in [0.1, 0.15) is 18.2 Å². The Bertz CT molecular complexity index is 585. The lowest BCUT2D eigenvalue weighted by molar-refractivity contribution is 0.549. The fourth-order valence-electron chi connectivity index (χ4n) is 1.81. The molecular weight excluding hydrogens is 266 g/mol. The molecule has 0 saturated carbocycles. The fourth-order valence-corrected chi connectivity index (χ4v) is 2.67. The molecule has 0 aliphatic carbocycles. The molecule has 1 heterocycles. The van der Waals surface area contributed by atoms with Crippen LogP contribution in [0.25, 0.3) is 0 Å². The number of hydrogen-bond donors (Lipinski definition) is 1. The zero-order valence-electron chi connectivity index (χ0n) is 12.5. The van der Waals surface area contributed by atoms with Gasteiger partial charge in [0.15, 0.2) is 0 Å². The number of aromatic amines is 1. The first-order chi connectivity index (χ1) is 9.46. The first-order valence-electron chi connectivity index (χ1n) is 6.72. The Labute approximate surface area is 121 Å².